The number of halogens is 3. The number of carbonyl (C=O) groups excluding carboxylic acids is 2. The molecule has 0 aromatic heterocycles. The van der Waals surface area contributed by atoms with Gasteiger partial charge >= 0.3 is 12.1 Å². The van der Waals surface area contributed by atoms with Crippen molar-refractivity contribution >= 4 is 17.6 Å². The lowest BCUT2D eigenvalue weighted by Crippen LogP contribution is -2.29. The summed E-state index contributed by atoms with van der Waals surface area (Å²) in [5.41, 5.74) is -0.0955. The van der Waals surface area contributed by atoms with E-state index < -0.39 is 23.5 Å². The predicted octanol–water partition coefficient (Wildman–Crippen LogP) is 2.34. The summed E-state index contributed by atoms with van der Waals surface area (Å²) in [5.74, 6) is -3.17. The lowest BCUT2D eigenvalue weighted by Gasteiger charge is -2.09. The quantitative estimate of drug-likeness (QED) is 0.280. The zero-order chi connectivity index (χ0) is 15.3. The van der Waals surface area contributed by atoms with Gasteiger partial charge in [-0.1, -0.05) is 29.8 Å². The lowest BCUT2D eigenvalue weighted by molar-refractivity contribution is -0.168. The van der Waals surface area contributed by atoms with E-state index in [1.165, 1.54) is 0 Å². The molecule has 0 amide bonds. The molecule has 0 saturated carbocycles. The standard InChI is InChI=1S/C13H9F3NO3/c1-8-2-4-9(5-3-8)7-20-12(19)10(6-17)11(18)13(14,15)16/h2-5H,7H2,1H3/q-1. The number of alkyl halides is 3. The molecule has 1 rings (SSSR count). The van der Waals surface area contributed by atoms with Gasteiger partial charge in [0.1, 0.15) is 12.2 Å². The van der Waals surface area contributed by atoms with E-state index in [1.54, 1.807) is 24.3 Å². The number of esters is 1. The van der Waals surface area contributed by atoms with Crippen LogP contribution in [0.2, 0.25) is 0 Å². The van der Waals surface area contributed by atoms with E-state index in [4.69, 9.17) is 5.41 Å². The Morgan fingerprint density at radius 2 is 1.80 bits per heavy atom. The number of nitrogens with zero attached hydrogens (tertiary/aromatic N) is 1. The van der Waals surface area contributed by atoms with Gasteiger partial charge in [-0.25, -0.2) is 4.79 Å². The number of carbonyl (C=O) groups is 2. The highest BCUT2D eigenvalue weighted by atomic mass is 19.4. The predicted molar refractivity (Wildman–Crippen MR) is 63.9 cm³/mol. The number of ether oxygens (including phenoxy) is 1. The first-order valence-corrected chi connectivity index (χ1v) is 5.37. The number of Topliss-reactive ketones (excluding diaryl/α,β-unsaturated/α-hetero) is 1. The molecular weight excluding hydrogens is 275 g/mol. The second-order valence-corrected chi connectivity index (χ2v) is 3.88. The fourth-order valence-corrected chi connectivity index (χ4v) is 1.24. The van der Waals surface area contributed by atoms with Crippen LogP contribution in [-0.2, 0) is 20.9 Å². The minimum atomic E-state index is -5.28. The molecule has 0 aliphatic heterocycles. The third kappa shape index (κ3) is 4.07. The highest BCUT2D eigenvalue weighted by molar-refractivity contribution is 6.25. The molecule has 1 aromatic carbocycles. The first kappa shape index (κ1) is 15.7. The monoisotopic (exact) mass is 284 g/mol. The number of rotatable bonds is 4. The van der Waals surface area contributed by atoms with Crippen molar-refractivity contribution in [2.75, 3.05) is 0 Å². The van der Waals surface area contributed by atoms with Gasteiger partial charge in [-0.2, -0.15) is 13.2 Å². The highest BCUT2D eigenvalue weighted by Crippen LogP contribution is 2.20. The molecule has 0 radical (unpaired) electrons. The summed E-state index contributed by atoms with van der Waals surface area (Å²) in [6.45, 7) is 1.51. The summed E-state index contributed by atoms with van der Waals surface area (Å²) in [4.78, 5) is 22.1. The van der Waals surface area contributed by atoms with E-state index in [1.807, 2.05) is 6.92 Å². The summed E-state index contributed by atoms with van der Waals surface area (Å²) >= 11 is 0. The first-order valence-electron chi connectivity index (χ1n) is 5.37. The third-order valence-electron chi connectivity index (χ3n) is 2.29. The second-order valence-electron chi connectivity index (χ2n) is 3.88. The highest BCUT2D eigenvalue weighted by Gasteiger charge is 2.43. The van der Waals surface area contributed by atoms with Crippen molar-refractivity contribution in [3.8, 4) is 0 Å². The topological polar surface area (TPSA) is 65.7 Å². The van der Waals surface area contributed by atoms with Crippen molar-refractivity contribution in [3.05, 3.63) is 46.4 Å². The fraction of sp³-hybridized carbons (Fsp3) is 0.231. The van der Waals surface area contributed by atoms with Crippen molar-refractivity contribution in [3.63, 3.8) is 0 Å². The fourth-order valence-electron chi connectivity index (χ4n) is 1.24. The summed E-state index contributed by atoms with van der Waals surface area (Å²) in [5, 5.41) is 8.46. The molecule has 7 heteroatoms. The molecule has 0 heterocycles. The molecule has 0 aliphatic carbocycles. The van der Waals surface area contributed by atoms with Gasteiger partial charge in [-0.3, -0.25) is 10.7 Å². The Kier molecular flexibility index (Phi) is 4.83. The van der Waals surface area contributed by atoms with Crippen molar-refractivity contribution in [1.29, 1.82) is 0 Å². The van der Waals surface area contributed by atoms with Gasteiger partial charge in [0, 0.05) is 0 Å². The van der Waals surface area contributed by atoms with Crippen LogP contribution in [0, 0.1) is 6.92 Å². The van der Waals surface area contributed by atoms with Crippen LogP contribution in [0.5, 0.6) is 0 Å². The van der Waals surface area contributed by atoms with E-state index in [9.17, 15) is 22.8 Å². The number of benzene rings is 1. The smallest absolute Gasteiger partial charge is 0.455 e. The third-order valence-corrected chi connectivity index (χ3v) is 2.29. The average Bonchev–Trinajstić information content (AvgIpc) is 2.37. The minimum Gasteiger partial charge on any atom is -0.762 e. The molecule has 1 aromatic rings. The molecule has 0 atom stereocenters. The van der Waals surface area contributed by atoms with E-state index in [2.05, 4.69) is 4.74 Å². The molecule has 0 aliphatic rings. The van der Waals surface area contributed by atoms with E-state index in [-0.39, 0.29) is 6.61 Å². The Balaban J connectivity index is 2.73. The second kappa shape index (κ2) is 6.16. The normalized spacial score (nSPS) is 10.6. The average molecular weight is 284 g/mol. The zero-order valence-corrected chi connectivity index (χ0v) is 10.3. The Labute approximate surface area is 112 Å². The Bertz CT molecular complexity index is 570. The van der Waals surface area contributed by atoms with Crippen molar-refractivity contribution in [2.45, 2.75) is 19.7 Å². The lowest BCUT2D eigenvalue weighted by atomic mass is 10.1. The summed E-state index contributed by atoms with van der Waals surface area (Å²) in [6.07, 6.45) is -5.28. The number of hydrogen-bond donors (Lipinski definition) is 0. The van der Waals surface area contributed by atoms with Crippen LogP contribution in [0.25, 0.3) is 5.41 Å². The van der Waals surface area contributed by atoms with Gasteiger partial charge in [-0.15, -0.1) is 0 Å². The van der Waals surface area contributed by atoms with Crippen LogP contribution in [-0.4, -0.2) is 23.8 Å². The molecule has 0 unspecified atom stereocenters. The summed E-state index contributed by atoms with van der Waals surface area (Å²) < 4.78 is 40.9. The van der Waals surface area contributed by atoms with E-state index in [0.717, 1.165) is 11.4 Å². The molecule has 0 bridgehead atoms. The van der Waals surface area contributed by atoms with Crippen LogP contribution >= 0.6 is 0 Å². The number of hydrogen-bond acceptors (Lipinski definition) is 3. The largest absolute Gasteiger partial charge is 0.762 e. The molecule has 0 spiro atoms. The molecule has 106 valence electrons. The first-order chi connectivity index (χ1) is 9.25. The van der Waals surface area contributed by atoms with Gasteiger partial charge in [0.2, 0.25) is 0 Å². The Hall–Kier alpha value is -2.40. The molecular formula is C13H9F3NO3-. The van der Waals surface area contributed by atoms with Gasteiger partial charge < -0.3 is 10.1 Å². The maximum atomic E-state index is 12.1. The van der Waals surface area contributed by atoms with Gasteiger partial charge in [0.05, 0.1) is 0 Å². The van der Waals surface area contributed by atoms with Crippen LogP contribution in [0.4, 0.5) is 13.2 Å². The Morgan fingerprint density at radius 1 is 1.25 bits per heavy atom. The van der Waals surface area contributed by atoms with E-state index >= 15 is 0 Å². The van der Waals surface area contributed by atoms with Gasteiger partial charge in [0.15, 0.2) is 0 Å². The molecule has 0 fully saturated rings. The number of ketones is 1. The van der Waals surface area contributed by atoms with Crippen molar-refractivity contribution in [2.24, 2.45) is 0 Å². The van der Waals surface area contributed by atoms with Crippen molar-refractivity contribution in [1.82, 2.24) is 0 Å². The van der Waals surface area contributed by atoms with E-state index in [0.29, 0.717) is 5.56 Å². The SMILES string of the molecule is Cc1ccc(COC(=O)C(=C=[N-])C(=O)C(F)(F)F)cc1. The molecule has 0 N–H and O–H groups in total. The summed E-state index contributed by atoms with van der Waals surface area (Å²) in [6, 6.07) is 6.67. The molecule has 4 nitrogen and oxygen atoms in total. The van der Waals surface area contributed by atoms with Gasteiger partial charge in [-0.05, 0) is 12.5 Å². The maximum absolute atomic E-state index is 12.1. The zero-order valence-electron chi connectivity index (χ0n) is 10.3. The summed E-state index contributed by atoms with van der Waals surface area (Å²) in [7, 11) is 0. The Morgan fingerprint density at radius 3 is 2.25 bits per heavy atom. The van der Waals surface area contributed by atoms with Crippen molar-refractivity contribution < 1.29 is 27.5 Å². The van der Waals surface area contributed by atoms with Crippen LogP contribution in [0.15, 0.2) is 29.8 Å². The molecule has 20 heavy (non-hydrogen) atoms. The maximum Gasteiger partial charge on any atom is 0.455 e. The van der Waals surface area contributed by atoms with Gasteiger partial charge in [0.25, 0.3) is 5.78 Å². The molecule has 0 saturated heterocycles. The van der Waals surface area contributed by atoms with Crippen LogP contribution in [0.1, 0.15) is 11.1 Å². The van der Waals surface area contributed by atoms with Crippen LogP contribution in [0.3, 0.4) is 0 Å². The van der Waals surface area contributed by atoms with Crippen LogP contribution < -0.4 is 0 Å². The number of aryl methyl sites for hydroxylation is 1. The minimum absolute atomic E-state index is 0.324.